The molecule has 0 aliphatic heterocycles. The summed E-state index contributed by atoms with van der Waals surface area (Å²) in [5, 5.41) is 4.65. The van der Waals surface area contributed by atoms with Crippen LogP contribution in [0.15, 0.2) is 77.3 Å². The SMILES string of the molecule is COC(=O)c1cc(Br)ccc1-c1cc2ccccc2c2ccccc12. The maximum absolute atomic E-state index is 12.3. The molecule has 0 heterocycles. The zero-order valence-corrected chi connectivity index (χ0v) is 15.2. The van der Waals surface area contributed by atoms with Crippen molar-refractivity contribution in [3.05, 3.63) is 82.8 Å². The van der Waals surface area contributed by atoms with E-state index in [-0.39, 0.29) is 5.97 Å². The first-order valence-electron chi connectivity index (χ1n) is 7.98. The fraction of sp³-hybridized carbons (Fsp3) is 0.0455. The number of carbonyl (C=O) groups excluding carboxylic acids is 1. The molecule has 25 heavy (non-hydrogen) atoms. The molecule has 0 amide bonds. The van der Waals surface area contributed by atoms with Crippen molar-refractivity contribution in [1.82, 2.24) is 0 Å². The van der Waals surface area contributed by atoms with Gasteiger partial charge in [-0.2, -0.15) is 0 Å². The Labute approximate surface area is 154 Å². The minimum atomic E-state index is -0.339. The minimum Gasteiger partial charge on any atom is -0.465 e. The van der Waals surface area contributed by atoms with Crippen molar-refractivity contribution in [2.45, 2.75) is 0 Å². The van der Waals surface area contributed by atoms with Gasteiger partial charge in [-0.15, -0.1) is 0 Å². The molecule has 2 nitrogen and oxygen atoms in total. The summed E-state index contributed by atoms with van der Waals surface area (Å²) in [5.74, 6) is -0.339. The number of carbonyl (C=O) groups is 1. The van der Waals surface area contributed by atoms with Gasteiger partial charge in [-0.1, -0.05) is 70.5 Å². The molecule has 122 valence electrons. The summed E-state index contributed by atoms with van der Waals surface area (Å²) in [4.78, 5) is 12.3. The van der Waals surface area contributed by atoms with Crippen LogP contribution in [0.4, 0.5) is 0 Å². The van der Waals surface area contributed by atoms with E-state index < -0.39 is 0 Å². The van der Waals surface area contributed by atoms with Crippen molar-refractivity contribution in [3.63, 3.8) is 0 Å². The predicted octanol–water partition coefficient (Wildman–Crippen LogP) is 6.21. The average Bonchev–Trinajstić information content (AvgIpc) is 2.67. The molecule has 3 heteroatoms. The molecule has 0 fully saturated rings. The lowest BCUT2D eigenvalue weighted by Crippen LogP contribution is -2.04. The van der Waals surface area contributed by atoms with Crippen LogP contribution in [-0.4, -0.2) is 13.1 Å². The summed E-state index contributed by atoms with van der Waals surface area (Å²) in [7, 11) is 1.41. The quantitative estimate of drug-likeness (QED) is 0.300. The Balaban J connectivity index is 2.12. The van der Waals surface area contributed by atoms with Crippen LogP contribution in [0.3, 0.4) is 0 Å². The monoisotopic (exact) mass is 390 g/mol. The Morgan fingerprint density at radius 3 is 2.24 bits per heavy atom. The molecule has 0 unspecified atom stereocenters. The first-order valence-corrected chi connectivity index (χ1v) is 8.77. The fourth-order valence-electron chi connectivity index (χ4n) is 3.31. The molecule has 4 aromatic carbocycles. The van der Waals surface area contributed by atoms with Gasteiger partial charge in [0.1, 0.15) is 0 Å². The van der Waals surface area contributed by atoms with Crippen molar-refractivity contribution < 1.29 is 9.53 Å². The van der Waals surface area contributed by atoms with Crippen LogP contribution < -0.4 is 0 Å². The van der Waals surface area contributed by atoms with Gasteiger partial charge in [0, 0.05) is 4.47 Å². The lowest BCUT2D eigenvalue weighted by molar-refractivity contribution is 0.0601. The predicted molar refractivity (Wildman–Crippen MR) is 106 cm³/mol. The molecule has 0 saturated carbocycles. The second kappa shape index (κ2) is 6.34. The Hall–Kier alpha value is -2.65. The van der Waals surface area contributed by atoms with Gasteiger partial charge in [0.25, 0.3) is 0 Å². The van der Waals surface area contributed by atoms with Crippen molar-refractivity contribution in [2.24, 2.45) is 0 Å². The summed E-state index contributed by atoms with van der Waals surface area (Å²) in [6.45, 7) is 0. The first-order chi connectivity index (χ1) is 12.2. The van der Waals surface area contributed by atoms with Gasteiger partial charge >= 0.3 is 5.97 Å². The van der Waals surface area contributed by atoms with E-state index in [1.165, 1.54) is 17.9 Å². The van der Waals surface area contributed by atoms with E-state index in [2.05, 4.69) is 46.3 Å². The van der Waals surface area contributed by atoms with E-state index in [0.29, 0.717) is 5.56 Å². The van der Waals surface area contributed by atoms with Gasteiger partial charge in [-0.05, 0) is 50.9 Å². The van der Waals surface area contributed by atoms with Crippen LogP contribution in [0, 0.1) is 0 Å². The molecular weight excluding hydrogens is 376 g/mol. The lowest BCUT2D eigenvalue weighted by atomic mass is 9.91. The van der Waals surface area contributed by atoms with Crippen LogP contribution in [0.1, 0.15) is 10.4 Å². The van der Waals surface area contributed by atoms with Gasteiger partial charge in [-0.25, -0.2) is 4.79 Å². The number of halogens is 1. The smallest absolute Gasteiger partial charge is 0.338 e. The Morgan fingerprint density at radius 2 is 1.48 bits per heavy atom. The van der Waals surface area contributed by atoms with Crippen molar-refractivity contribution in [3.8, 4) is 11.1 Å². The Bertz CT molecular complexity index is 1120. The van der Waals surface area contributed by atoms with E-state index in [0.717, 1.165) is 26.4 Å². The highest BCUT2D eigenvalue weighted by molar-refractivity contribution is 9.10. The third-order valence-corrected chi connectivity index (χ3v) is 4.94. The first kappa shape index (κ1) is 15.9. The molecule has 0 spiro atoms. The third kappa shape index (κ3) is 2.71. The Kier molecular flexibility index (Phi) is 4.02. The van der Waals surface area contributed by atoms with Gasteiger partial charge in [-0.3, -0.25) is 0 Å². The molecule has 4 aromatic rings. The molecule has 4 rings (SSSR count). The van der Waals surface area contributed by atoms with Gasteiger partial charge < -0.3 is 4.74 Å². The number of fused-ring (bicyclic) bond motifs is 3. The summed E-state index contributed by atoms with van der Waals surface area (Å²) in [5.41, 5.74) is 2.46. The van der Waals surface area contributed by atoms with E-state index >= 15 is 0 Å². The number of hydrogen-bond acceptors (Lipinski definition) is 2. The summed E-state index contributed by atoms with van der Waals surface area (Å²) >= 11 is 3.45. The number of ether oxygens (including phenoxy) is 1. The van der Waals surface area contributed by atoms with E-state index in [1.54, 1.807) is 0 Å². The average molecular weight is 391 g/mol. The largest absolute Gasteiger partial charge is 0.465 e. The van der Waals surface area contributed by atoms with Gasteiger partial charge in [0.2, 0.25) is 0 Å². The molecule has 0 aliphatic rings. The van der Waals surface area contributed by atoms with Crippen LogP contribution in [-0.2, 0) is 4.74 Å². The van der Waals surface area contributed by atoms with Crippen molar-refractivity contribution in [2.75, 3.05) is 7.11 Å². The third-order valence-electron chi connectivity index (χ3n) is 4.45. The van der Waals surface area contributed by atoms with Gasteiger partial charge in [0.15, 0.2) is 0 Å². The molecule has 0 saturated heterocycles. The van der Waals surface area contributed by atoms with Crippen LogP contribution in [0.25, 0.3) is 32.7 Å². The second-order valence-corrected chi connectivity index (χ2v) is 6.79. The molecule has 0 aromatic heterocycles. The van der Waals surface area contributed by atoms with Crippen LogP contribution in [0.2, 0.25) is 0 Å². The van der Waals surface area contributed by atoms with E-state index in [1.807, 2.05) is 42.5 Å². The minimum absolute atomic E-state index is 0.339. The highest BCUT2D eigenvalue weighted by atomic mass is 79.9. The summed E-state index contributed by atoms with van der Waals surface area (Å²) < 4.78 is 5.84. The number of methoxy groups -OCH3 is 1. The highest BCUT2D eigenvalue weighted by Gasteiger charge is 2.16. The number of rotatable bonds is 2. The molecule has 0 N–H and O–H groups in total. The Morgan fingerprint density at radius 1 is 0.800 bits per heavy atom. The zero-order valence-electron chi connectivity index (χ0n) is 13.6. The maximum atomic E-state index is 12.3. The molecular formula is C22H15BrO2. The van der Waals surface area contributed by atoms with E-state index in [9.17, 15) is 4.79 Å². The number of hydrogen-bond donors (Lipinski definition) is 0. The topological polar surface area (TPSA) is 26.3 Å². The highest BCUT2D eigenvalue weighted by Crippen LogP contribution is 2.37. The molecule has 0 bridgehead atoms. The standard InChI is InChI=1S/C22H15BrO2/c1-25-22(24)21-13-15(23)10-11-19(21)20-12-14-6-2-3-7-16(14)17-8-4-5-9-18(17)20/h2-13H,1H3. The van der Waals surface area contributed by atoms with Gasteiger partial charge in [0.05, 0.1) is 12.7 Å². The fourth-order valence-corrected chi connectivity index (χ4v) is 3.67. The summed E-state index contributed by atoms with van der Waals surface area (Å²) in [6.07, 6.45) is 0. The second-order valence-electron chi connectivity index (χ2n) is 5.87. The van der Waals surface area contributed by atoms with Crippen molar-refractivity contribution >= 4 is 43.4 Å². The van der Waals surface area contributed by atoms with Crippen LogP contribution >= 0.6 is 15.9 Å². The lowest BCUT2D eigenvalue weighted by Gasteiger charge is -2.14. The number of benzene rings is 4. The maximum Gasteiger partial charge on any atom is 0.338 e. The molecule has 0 atom stereocenters. The molecule has 0 aliphatic carbocycles. The van der Waals surface area contributed by atoms with Crippen LogP contribution in [0.5, 0.6) is 0 Å². The zero-order chi connectivity index (χ0) is 17.4. The number of esters is 1. The normalized spacial score (nSPS) is 11.0. The molecule has 0 radical (unpaired) electrons. The van der Waals surface area contributed by atoms with E-state index in [4.69, 9.17) is 4.74 Å². The summed E-state index contributed by atoms with van der Waals surface area (Å²) in [6, 6.07) is 24.5. The van der Waals surface area contributed by atoms with Crippen molar-refractivity contribution in [1.29, 1.82) is 0 Å².